The van der Waals surface area contributed by atoms with E-state index in [2.05, 4.69) is 68.9 Å². The van der Waals surface area contributed by atoms with Crippen LogP contribution in [0.5, 0.6) is 0 Å². The molecule has 1 aliphatic carbocycles. The number of nitrogens with zero attached hydrogens (tertiary/aromatic N) is 4. The molecule has 1 saturated carbocycles. The van der Waals surface area contributed by atoms with Gasteiger partial charge >= 0.3 is 0 Å². The second-order valence-corrected chi connectivity index (χ2v) is 10.2. The van der Waals surface area contributed by atoms with E-state index in [9.17, 15) is 4.79 Å². The minimum absolute atomic E-state index is 0.131. The molecule has 3 aliphatic rings. The number of benzene rings is 1. The molecular formula is C25H30N6O. The van der Waals surface area contributed by atoms with Crippen LogP contribution in [0, 0.1) is 12.3 Å². The molecule has 2 atom stereocenters. The van der Waals surface area contributed by atoms with Gasteiger partial charge in [-0.1, -0.05) is 37.3 Å². The van der Waals surface area contributed by atoms with Crippen molar-refractivity contribution in [1.29, 1.82) is 0 Å². The molecule has 6 rings (SSSR count). The lowest BCUT2D eigenvalue weighted by atomic mass is 9.82. The van der Waals surface area contributed by atoms with Crippen LogP contribution in [-0.4, -0.2) is 52.7 Å². The van der Waals surface area contributed by atoms with Crippen LogP contribution in [0.2, 0.25) is 0 Å². The molecule has 2 aromatic heterocycles. The lowest BCUT2D eigenvalue weighted by Crippen LogP contribution is -2.41. The summed E-state index contributed by atoms with van der Waals surface area (Å²) in [6.45, 7) is 8.17. The second kappa shape index (κ2) is 7.04. The molecular weight excluding hydrogens is 400 g/mol. The fourth-order valence-electron chi connectivity index (χ4n) is 5.58. The molecule has 1 amide bonds. The van der Waals surface area contributed by atoms with Gasteiger partial charge in [-0.05, 0) is 43.4 Å². The van der Waals surface area contributed by atoms with Crippen molar-refractivity contribution in [3.63, 3.8) is 0 Å². The molecule has 166 valence electrons. The average Bonchev–Trinajstić information content (AvgIpc) is 3.11. The Labute approximate surface area is 188 Å². The molecule has 0 radical (unpaired) electrons. The molecule has 4 heterocycles. The van der Waals surface area contributed by atoms with Gasteiger partial charge in [-0.15, -0.1) is 5.10 Å². The van der Waals surface area contributed by atoms with Gasteiger partial charge in [0.2, 0.25) is 5.82 Å². The number of pyridine rings is 1. The summed E-state index contributed by atoms with van der Waals surface area (Å²) < 4.78 is 1.78. The van der Waals surface area contributed by atoms with Crippen LogP contribution in [0.3, 0.4) is 0 Å². The smallest absolute Gasteiger partial charge is 0.291 e. The Balaban J connectivity index is 1.24. The van der Waals surface area contributed by atoms with Crippen molar-refractivity contribution in [1.82, 2.24) is 25.2 Å². The molecule has 7 heteroatoms. The number of aromatic nitrogens is 3. The zero-order chi connectivity index (χ0) is 21.9. The molecule has 1 aromatic carbocycles. The molecule has 2 N–H and O–H groups in total. The zero-order valence-electron chi connectivity index (χ0n) is 18.8. The number of aryl methyl sites for hydroxylation is 1. The summed E-state index contributed by atoms with van der Waals surface area (Å²) in [5, 5.41) is 11.1. The van der Waals surface area contributed by atoms with Crippen LogP contribution in [0.4, 0.5) is 5.69 Å². The third-order valence-electron chi connectivity index (χ3n) is 7.88. The van der Waals surface area contributed by atoms with Crippen LogP contribution in [-0.2, 0) is 5.41 Å². The molecule has 2 aliphatic heterocycles. The van der Waals surface area contributed by atoms with Gasteiger partial charge in [-0.3, -0.25) is 4.79 Å². The van der Waals surface area contributed by atoms with Crippen molar-refractivity contribution < 1.29 is 4.79 Å². The summed E-state index contributed by atoms with van der Waals surface area (Å²) in [5.41, 5.74) is 4.68. The monoisotopic (exact) mass is 430 g/mol. The zero-order valence-corrected chi connectivity index (χ0v) is 18.8. The molecule has 3 aromatic rings. The Hall–Kier alpha value is -2.93. The predicted octanol–water partition coefficient (Wildman–Crippen LogP) is 2.69. The van der Waals surface area contributed by atoms with E-state index < -0.39 is 0 Å². The lowest BCUT2D eigenvalue weighted by Gasteiger charge is -2.26. The van der Waals surface area contributed by atoms with Gasteiger partial charge in [0.15, 0.2) is 5.65 Å². The van der Waals surface area contributed by atoms with Gasteiger partial charge in [0.05, 0.1) is 11.9 Å². The van der Waals surface area contributed by atoms with E-state index in [4.69, 9.17) is 0 Å². The van der Waals surface area contributed by atoms with Gasteiger partial charge in [0.1, 0.15) is 0 Å². The molecule has 0 bridgehead atoms. The average molecular weight is 431 g/mol. The number of carbonyl (C=O) groups is 1. The maximum absolute atomic E-state index is 12.9. The van der Waals surface area contributed by atoms with E-state index in [1.807, 2.05) is 13.1 Å². The van der Waals surface area contributed by atoms with Crippen LogP contribution in [0.15, 0.2) is 42.6 Å². The largest absolute Gasteiger partial charge is 0.369 e. The first-order valence-corrected chi connectivity index (χ1v) is 11.6. The highest BCUT2D eigenvalue weighted by Crippen LogP contribution is 2.50. The third-order valence-corrected chi connectivity index (χ3v) is 7.88. The van der Waals surface area contributed by atoms with E-state index in [1.165, 1.54) is 18.4 Å². The number of rotatable bonds is 4. The van der Waals surface area contributed by atoms with Crippen LogP contribution < -0.4 is 15.5 Å². The highest BCUT2D eigenvalue weighted by Gasteiger charge is 2.52. The van der Waals surface area contributed by atoms with Crippen LogP contribution in [0.1, 0.15) is 47.9 Å². The van der Waals surface area contributed by atoms with Crippen molar-refractivity contribution in [2.45, 2.75) is 44.6 Å². The Bertz CT molecular complexity index is 1180. The van der Waals surface area contributed by atoms with Crippen LogP contribution >= 0.6 is 0 Å². The Morgan fingerprint density at radius 2 is 2.03 bits per heavy atom. The summed E-state index contributed by atoms with van der Waals surface area (Å²) in [6.07, 6.45) is 5.49. The molecule has 1 spiro atoms. The lowest BCUT2D eigenvalue weighted by molar-refractivity contribution is 0.0918. The molecule has 7 nitrogen and oxygen atoms in total. The minimum Gasteiger partial charge on any atom is -0.369 e. The van der Waals surface area contributed by atoms with Crippen molar-refractivity contribution in [3.05, 3.63) is 59.5 Å². The van der Waals surface area contributed by atoms with E-state index in [-0.39, 0.29) is 28.6 Å². The normalized spacial score (nSPS) is 26.2. The summed E-state index contributed by atoms with van der Waals surface area (Å²) in [7, 11) is 0. The molecule has 0 unspecified atom stereocenters. The number of anilines is 1. The first kappa shape index (κ1) is 19.7. The fraction of sp³-hybridized carbons (Fsp3) is 0.480. The molecule has 3 fully saturated rings. The van der Waals surface area contributed by atoms with Gasteiger partial charge in [-0.2, -0.15) is 0 Å². The number of fused-ring (bicyclic) bond motifs is 1. The van der Waals surface area contributed by atoms with Crippen molar-refractivity contribution >= 4 is 17.2 Å². The summed E-state index contributed by atoms with van der Waals surface area (Å²) in [6, 6.07) is 13.1. The Morgan fingerprint density at radius 1 is 1.22 bits per heavy atom. The maximum atomic E-state index is 12.9. The van der Waals surface area contributed by atoms with E-state index in [0.29, 0.717) is 0 Å². The topological polar surface area (TPSA) is 74.6 Å². The number of amides is 1. The highest BCUT2D eigenvalue weighted by molar-refractivity contribution is 5.91. The van der Waals surface area contributed by atoms with E-state index in [0.717, 1.165) is 49.5 Å². The number of carbonyl (C=O) groups excluding carboxylic acids is 1. The number of hydrogen-bond acceptors (Lipinski definition) is 5. The number of hydrogen-bond donors (Lipinski definition) is 2. The highest BCUT2D eigenvalue weighted by atomic mass is 16.2. The van der Waals surface area contributed by atoms with E-state index >= 15 is 0 Å². The van der Waals surface area contributed by atoms with Crippen molar-refractivity contribution in [2.24, 2.45) is 5.41 Å². The number of nitrogens with one attached hydrogen (secondary N) is 2. The summed E-state index contributed by atoms with van der Waals surface area (Å²) >= 11 is 0. The quantitative estimate of drug-likeness (QED) is 0.666. The van der Waals surface area contributed by atoms with Gasteiger partial charge in [-0.25, -0.2) is 9.50 Å². The first-order valence-electron chi connectivity index (χ1n) is 11.6. The Kier molecular flexibility index (Phi) is 4.34. The Morgan fingerprint density at radius 3 is 2.81 bits per heavy atom. The van der Waals surface area contributed by atoms with Crippen LogP contribution in [0.25, 0.3) is 5.65 Å². The van der Waals surface area contributed by atoms with Crippen molar-refractivity contribution in [3.8, 4) is 0 Å². The fourth-order valence-corrected chi connectivity index (χ4v) is 5.58. The predicted molar refractivity (Wildman–Crippen MR) is 124 cm³/mol. The van der Waals surface area contributed by atoms with Gasteiger partial charge in [0.25, 0.3) is 5.91 Å². The van der Waals surface area contributed by atoms with Gasteiger partial charge in [0, 0.05) is 43.1 Å². The molecule has 32 heavy (non-hydrogen) atoms. The molecule has 2 saturated heterocycles. The van der Waals surface area contributed by atoms with Crippen molar-refractivity contribution in [2.75, 3.05) is 31.1 Å². The maximum Gasteiger partial charge on any atom is 0.291 e. The second-order valence-electron chi connectivity index (χ2n) is 10.2. The summed E-state index contributed by atoms with van der Waals surface area (Å²) in [5.74, 6) is 0.0796. The minimum atomic E-state index is -0.174. The summed E-state index contributed by atoms with van der Waals surface area (Å²) in [4.78, 5) is 19.9. The first-order chi connectivity index (χ1) is 15.5. The third kappa shape index (κ3) is 3.18. The van der Waals surface area contributed by atoms with E-state index in [1.54, 1.807) is 4.52 Å². The SMILES string of the molecule is Cc1cc(N2CC[C@](C)(c3ccccc3)C2)cn2nc(C(=O)N[C@H]3CNCC34CC4)nc12. The van der Waals surface area contributed by atoms with Gasteiger partial charge < -0.3 is 15.5 Å². The standard InChI is InChI=1S/C25H30N6O/c1-17-12-19(30-11-10-24(2,16-30)18-6-4-3-5-7-18)14-31-22(17)28-21(29-31)23(32)27-20-13-26-15-25(20)8-9-25/h3-7,12,14,20,26H,8-11,13,15-16H2,1-2H3,(H,27,32)/t20-,24-/m0/s1.